The number of amides is 2. The first-order valence-corrected chi connectivity index (χ1v) is 7.97. The minimum atomic E-state index is -0.377. The molecule has 0 unspecified atom stereocenters. The maximum absolute atomic E-state index is 12.4. The highest BCUT2D eigenvalue weighted by molar-refractivity contribution is 8.26. The molecule has 0 spiro atoms. The van der Waals surface area contributed by atoms with Gasteiger partial charge in [0.2, 0.25) is 0 Å². The summed E-state index contributed by atoms with van der Waals surface area (Å²) in [5.74, 6) is -0.201. The van der Waals surface area contributed by atoms with Crippen LogP contribution >= 0.6 is 24.0 Å². The number of hydrazine groups is 1. The fraction of sp³-hybridized carbons (Fsp3) is 0.0625. The second-order valence-corrected chi connectivity index (χ2v) is 6.46. The molecule has 1 saturated heterocycles. The van der Waals surface area contributed by atoms with Gasteiger partial charge < -0.3 is 4.42 Å². The molecule has 3 rings (SSSR count). The average molecular weight is 344 g/mol. The largest absolute Gasteiger partial charge is 0.465 e. The lowest BCUT2D eigenvalue weighted by atomic mass is 10.1. The van der Waals surface area contributed by atoms with Crippen molar-refractivity contribution in [3.05, 3.63) is 64.5 Å². The van der Waals surface area contributed by atoms with Crippen LogP contribution < -0.4 is 5.43 Å². The first-order valence-electron chi connectivity index (χ1n) is 6.74. The van der Waals surface area contributed by atoms with Gasteiger partial charge in [0.1, 0.15) is 5.76 Å². The highest BCUT2D eigenvalue weighted by atomic mass is 32.2. The Kier molecular flexibility index (Phi) is 4.31. The van der Waals surface area contributed by atoms with Gasteiger partial charge in [0.25, 0.3) is 11.8 Å². The van der Waals surface area contributed by atoms with Crippen LogP contribution in [0.25, 0.3) is 6.08 Å². The summed E-state index contributed by atoms with van der Waals surface area (Å²) in [5, 5.41) is 1.09. The summed E-state index contributed by atoms with van der Waals surface area (Å²) in [7, 11) is 0. The number of rotatable bonds is 3. The average Bonchev–Trinajstić information content (AvgIpc) is 3.12. The second-order valence-electron chi connectivity index (χ2n) is 4.79. The molecule has 1 fully saturated rings. The minimum Gasteiger partial charge on any atom is -0.465 e. The lowest BCUT2D eigenvalue weighted by Crippen LogP contribution is -2.45. The van der Waals surface area contributed by atoms with E-state index in [9.17, 15) is 9.59 Å². The summed E-state index contributed by atoms with van der Waals surface area (Å²) in [6.07, 6.45) is 3.12. The van der Waals surface area contributed by atoms with Crippen LogP contribution in [0.5, 0.6) is 0 Å². The Bertz CT molecular complexity index is 812. The zero-order valence-corrected chi connectivity index (χ0v) is 13.7. The highest BCUT2D eigenvalue weighted by Gasteiger charge is 2.34. The predicted octanol–water partition coefficient (Wildman–Crippen LogP) is 3.13. The van der Waals surface area contributed by atoms with Gasteiger partial charge in [-0.3, -0.25) is 15.0 Å². The third-order valence-corrected chi connectivity index (χ3v) is 4.52. The summed E-state index contributed by atoms with van der Waals surface area (Å²) in [6.45, 7) is 1.83. The lowest BCUT2D eigenvalue weighted by molar-refractivity contribution is -0.123. The fourth-order valence-corrected chi connectivity index (χ4v) is 3.22. The number of carbonyl (C=O) groups excluding carboxylic acids is 2. The van der Waals surface area contributed by atoms with Crippen molar-refractivity contribution in [3.8, 4) is 0 Å². The predicted molar refractivity (Wildman–Crippen MR) is 92.4 cm³/mol. The van der Waals surface area contributed by atoms with Crippen LogP contribution in [0.1, 0.15) is 21.7 Å². The van der Waals surface area contributed by atoms with Crippen LogP contribution in [0, 0.1) is 6.92 Å². The zero-order chi connectivity index (χ0) is 16.4. The summed E-state index contributed by atoms with van der Waals surface area (Å²) in [6, 6.07) is 10.6. The van der Waals surface area contributed by atoms with E-state index >= 15 is 0 Å². The molecular weight excluding hydrogens is 332 g/mol. The van der Waals surface area contributed by atoms with Crippen molar-refractivity contribution < 1.29 is 14.0 Å². The summed E-state index contributed by atoms with van der Waals surface area (Å²) in [5.41, 5.74) is 3.87. The van der Waals surface area contributed by atoms with Gasteiger partial charge in [-0.15, -0.1) is 0 Å². The SMILES string of the molecule is Cc1ccccc1C(=O)NN1C(=O)/C(=C\c2ccco2)SC1=S. The molecule has 116 valence electrons. The normalized spacial score (nSPS) is 16.2. The smallest absolute Gasteiger partial charge is 0.285 e. The molecule has 7 heteroatoms. The Morgan fingerprint density at radius 2 is 2.09 bits per heavy atom. The molecule has 1 aromatic carbocycles. The first-order chi connectivity index (χ1) is 11.1. The number of carbonyl (C=O) groups is 2. The van der Waals surface area contributed by atoms with E-state index in [4.69, 9.17) is 16.6 Å². The number of hydrogen-bond acceptors (Lipinski definition) is 5. The zero-order valence-electron chi connectivity index (χ0n) is 12.1. The maximum Gasteiger partial charge on any atom is 0.285 e. The van der Waals surface area contributed by atoms with E-state index in [0.717, 1.165) is 22.3 Å². The molecular formula is C16H12N2O3S2. The van der Waals surface area contributed by atoms with Gasteiger partial charge in [0.15, 0.2) is 4.32 Å². The Balaban J connectivity index is 1.79. The lowest BCUT2D eigenvalue weighted by Gasteiger charge is -2.16. The van der Waals surface area contributed by atoms with Crippen LogP contribution in [0.3, 0.4) is 0 Å². The van der Waals surface area contributed by atoms with E-state index in [2.05, 4.69) is 5.43 Å². The van der Waals surface area contributed by atoms with Gasteiger partial charge in [-0.2, -0.15) is 5.01 Å². The van der Waals surface area contributed by atoms with E-state index in [0.29, 0.717) is 16.2 Å². The molecule has 1 aliphatic heterocycles. The topological polar surface area (TPSA) is 62.6 Å². The third-order valence-electron chi connectivity index (χ3n) is 3.21. The van der Waals surface area contributed by atoms with E-state index in [1.807, 2.05) is 19.1 Å². The standard InChI is InChI=1S/C16H12N2O3S2/c1-10-5-2-3-7-12(10)14(19)17-18-15(20)13(23-16(18)22)9-11-6-4-8-21-11/h2-9H,1H3,(H,17,19)/b13-9+. The monoisotopic (exact) mass is 344 g/mol. The Morgan fingerprint density at radius 3 is 2.78 bits per heavy atom. The van der Waals surface area contributed by atoms with Crippen molar-refractivity contribution in [2.45, 2.75) is 6.92 Å². The van der Waals surface area contributed by atoms with Crippen molar-refractivity contribution in [3.63, 3.8) is 0 Å². The van der Waals surface area contributed by atoms with Gasteiger partial charge in [-0.1, -0.05) is 30.0 Å². The Labute approximate surface area is 142 Å². The van der Waals surface area contributed by atoms with Crippen molar-refractivity contribution in [2.24, 2.45) is 0 Å². The fourth-order valence-electron chi connectivity index (χ4n) is 2.06. The Morgan fingerprint density at radius 1 is 1.30 bits per heavy atom. The van der Waals surface area contributed by atoms with Crippen LogP contribution in [0.4, 0.5) is 0 Å². The molecule has 5 nitrogen and oxygen atoms in total. The minimum absolute atomic E-state index is 0.273. The molecule has 1 aromatic heterocycles. The quantitative estimate of drug-likeness (QED) is 0.685. The van der Waals surface area contributed by atoms with E-state index in [1.54, 1.807) is 30.3 Å². The summed E-state index contributed by atoms with van der Waals surface area (Å²) in [4.78, 5) is 25.1. The summed E-state index contributed by atoms with van der Waals surface area (Å²) >= 11 is 6.29. The molecule has 23 heavy (non-hydrogen) atoms. The molecule has 0 saturated carbocycles. The number of nitrogens with zero attached hydrogens (tertiary/aromatic N) is 1. The molecule has 1 N–H and O–H groups in total. The molecule has 2 amide bonds. The Hall–Kier alpha value is -2.38. The van der Waals surface area contributed by atoms with Crippen molar-refractivity contribution in [1.82, 2.24) is 10.4 Å². The van der Waals surface area contributed by atoms with Crippen molar-refractivity contribution in [2.75, 3.05) is 0 Å². The van der Waals surface area contributed by atoms with Crippen LogP contribution in [0.15, 0.2) is 52.0 Å². The third kappa shape index (κ3) is 3.20. The molecule has 0 radical (unpaired) electrons. The second kappa shape index (κ2) is 6.39. The van der Waals surface area contributed by atoms with E-state index < -0.39 is 0 Å². The molecule has 0 atom stereocenters. The van der Waals surface area contributed by atoms with Gasteiger partial charge in [-0.25, -0.2) is 0 Å². The maximum atomic E-state index is 12.4. The van der Waals surface area contributed by atoms with Gasteiger partial charge in [0.05, 0.1) is 11.2 Å². The number of thiocarbonyl (C=S) groups is 1. The molecule has 2 heterocycles. The van der Waals surface area contributed by atoms with E-state index in [-0.39, 0.29) is 16.1 Å². The number of furan rings is 1. The molecule has 0 bridgehead atoms. The molecule has 1 aliphatic rings. The van der Waals surface area contributed by atoms with Gasteiger partial charge >= 0.3 is 0 Å². The van der Waals surface area contributed by atoms with E-state index in [1.165, 1.54) is 6.26 Å². The number of hydrogen-bond donors (Lipinski definition) is 1. The number of aryl methyl sites for hydroxylation is 1. The van der Waals surface area contributed by atoms with Crippen LogP contribution in [-0.4, -0.2) is 21.1 Å². The van der Waals surface area contributed by atoms with Crippen molar-refractivity contribution in [1.29, 1.82) is 0 Å². The van der Waals surface area contributed by atoms with Crippen LogP contribution in [0.2, 0.25) is 0 Å². The number of nitrogens with one attached hydrogen (secondary N) is 1. The van der Waals surface area contributed by atoms with Gasteiger partial charge in [-0.05, 0) is 42.9 Å². The van der Waals surface area contributed by atoms with Crippen molar-refractivity contribution >= 4 is 46.2 Å². The number of thioether (sulfide) groups is 1. The van der Waals surface area contributed by atoms with Gasteiger partial charge in [0, 0.05) is 11.6 Å². The summed E-state index contributed by atoms with van der Waals surface area (Å²) < 4.78 is 5.46. The van der Waals surface area contributed by atoms with Crippen LogP contribution in [-0.2, 0) is 4.79 Å². The molecule has 0 aliphatic carbocycles. The number of benzene rings is 1. The molecule has 2 aromatic rings. The highest BCUT2D eigenvalue weighted by Crippen LogP contribution is 2.31. The first kappa shape index (κ1) is 15.5.